The molecule has 0 aliphatic heterocycles. The van der Waals surface area contributed by atoms with Gasteiger partial charge in [-0.05, 0) is 37.3 Å². The molecule has 9 nitrogen and oxygen atoms in total. The summed E-state index contributed by atoms with van der Waals surface area (Å²) in [5.74, 6) is -0.218. The normalized spacial score (nSPS) is 10.9. The van der Waals surface area contributed by atoms with Crippen LogP contribution in [0.3, 0.4) is 0 Å². The van der Waals surface area contributed by atoms with Crippen LogP contribution in [0.2, 0.25) is 5.02 Å². The van der Waals surface area contributed by atoms with Crippen molar-refractivity contribution < 1.29 is 22.7 Å². The summed E-state index contributed by atoms with van der Waals surface area (Å²) in [6.45, 7) is 1.85. The molecule has 1 heterocycles. The van der Waals surface area contributed by atoms with Gasteiger partial charge in [0.1, 0.15) is 5.75 Å². The Morgan fingerprint density at radius 1 is 1.03 bits per heavy atom. The lowest BCUT2D eigenvalue weighted by atomic mass is 10.2. The van der Waals surface area contributed by atoms with Crippen molar-refractivity contribution in [1.82, 2.24) is 14.8 Å². The van der Waals surface area contributed by atoms with E-state index < -0.39 is 22.0 Å². The van der Waals surface area contributed by atoms with Crippen LogP contribution in [0, 0.1) is 6.92 Å². The van der Waals surface area contributed by atoms with Crippen molar-refractivity contribution in [2.75, 3.05) is 12.4 Å². The Hall–Kier alpha value is -3.50. The van der Waals surface area contributed by atoms with Gasteiger partial charge < -0.3 is 10.1 Å². The Morgan fingerprint density at radius 3 is 2.42 bits per heavy atom. The highest BCUT2D eigenvalue weighted by Crippen LogP contribution is 2.26. The number of carbonyl (C=O) groups excluding carboxylic acids is 2. The molecule has 1 aromatic heterocycles. The fraction of sp³-hybridized carbons (Fsp3) is 0.100. The van der Waals surface area contributed by atoms with Crippen molar-refractivity contribution >= 4 is 39.2 Å². The largest absolute Gasteiger partial charge is 0.497 e. The summed E-state index contributed by atoms with van der Waals surface area (Å²) >= 11 is 6.02. The second kappa shape index (κ2) is 9.11. The van der Waals surface area contributed by atoms with Gasteiger partial charge in [-0.25, -0.2) is 22.6 Å². The number of nitrogens with one attached hydrogen (secondary N) is 3. The first-order valence-electron chi connectivity index (χ1n) is 8.92. The summed E-state index contributed by atoms with van der Waals surface area (Å²) in [7, 11) is -2.37. The van der Waals surface area contributed by atoms with Gasteiger partial charge in [0.05, 0.1) is 28.3 Å². The van der Waals surface area contributed by atoms with Crippen LogP contribution < -0.4 is 20.9 Å². The van der Waals surface area contributed by atoms with Crippen LogP contribution in [0.1, 0.15) is 15.9 Å². The SMILES string of the molecule is COc1ccc(Cl)c(NC(=O)NNC(=O)c2ccn(S(=O)(=O)c3ccc(C)cc3)c2)c1. The average Bonchev–Trinajstić information content (AvgIpc) is 3.25. The van der Waals surface area contributed by atoms with E-state index in [1.165, 1.54) is 37.6 Å². The number of ether oxygens (including phenoxy) is 1. The third-order valence-corrected chi connectivity index (χ3v) is 6.22. The van der Waals surface area contributed by atoms with Gasteiger partial charge in [-0.2, -0.15) is 0 Å². The quantitative estimate of drug-likeness (QED) is 0.503. The number of hydrogen-bond acceptors (Lipinski definition) is 5. The van der Waals surface area contributed by atoms with Crippen LogP contribution in [-0.4, -0.2) is 31.4 Å². The Labute approximate surface area is 184 Å². The number of amides is 3. The molecule has 3 N–H and O–H groups in total. The molecule has 0 spiro atoms. The molecule has 31 heavy (non-hydrogen) atoms. The van der Waals surface area contributed by atoms with Gasteiger partial charge in [0, 0.05) is 18.5 Å². The monoisotopic (exact) mass is 462 g/mol. The molecule has 0 aliphatic rings. The van der Waals surface area contributed by atoms with E-state index in [1.807, 2.05) is 6.92 Å². The van der Waals surface area contributed by atoms with Gasteiger partial charge in [-0.15, -0.1) is 0 Å². The number of benzene rings is 2. The fourth-order valence-corrected chi connectivity index (χ4v) is 3.92. The molecular weight excluding hydrogens is 444 g/mol. The van der Waals surface area contributed by atoms with Crippen LogP contribution >= 0.6 is 11.6 Å². The Bertz CT molecular complexity index is 1220. The summed E-state index contributed by atoms with van der Waals surface area (Å²) in [5, 5.41) is 2.75. The number of aryl methyl sites for hydroxylation is 1. The van der Waals surface area contributed by atoms with Gasteiger partial charge in [0.2, 0.25) is 0 Å². The highest BCUT2D eigenvalue weighted by Gasteiger charge is 2.18. The Balaban J connectivity index is 1.64. The molecular formula is C20H19ClN4O5S. The molecule has 11 heteroatoms. The van der Waals surface area contributed by atoms with Crippen molar-refractivity contribution in [2.45, 2.75) is 11.8 Å². The smallest absolute Gasteiger partial charge is 0.337 e. The maximum Gasteiger partial charge on any atom is 0.337 e. The second-order valence-corrected chi connectivity index (χ2v) is 8.68. The van der Waals surface area contributed by atoms with Crippen LogP contribution in [0.4, 0.5) is 10.5 Å². The Kier molecular flexibility index (Phi) is 6.52. The molecule has 3 aromatic rings. The second-order valence-electron chi connectivity index (χ2n) is 6.43. The number of anilines is 1. The summed E-state index contributed by atoms with van der Waals surface area (Å²) in [6.07, 6.45) is 2.41. The first kappa shape index (κ1) is 22.2. The van der Waals surface area contributed by atoms with E-state index in [4.69, 9.17) is 16.3 Å². The summed E-state index contributed by atoms with van der Waals surface area (Å²) in [5.41, 5.74) is 5.61. The number of halogens is 1. The third-order valence-electron chi connectivity index (χ3n) is 4.24. The van der Waals surface area contributed by atoms with Crippen LogP contribution in [0.25, 0.3) is 0 Å². The number of nitrogens with zero attached hydrogens (tertiary/aromatic N) is 1. The number of hydrogen-bond donors (Lipinski definition) is 3. The van der Waals surface area contributed by atoms with Gasteiger partial charge in [0.15, 0.2) is 0 Å². The number of carbonyl (C=O) groups is 2. The minimum Gasteiger partial charge on any atom is -0.497 e. The number of hydrazine groups is 1. The van der Waals surface area contributed by atoms with Crippen molar-refractivity contribution in [3.05, 3.63) is 77.1 Å². The van der Waals surface area contributed by atoms with E-state index in [0.717, 1.165) is 15.7 Å². The van der Waals surface area contributed by atoms with Gasteiger partial charge >= 0.3 is 6.03 Å². The molecule has 3 amide bonds. The molecule has 3 rings (SSSR count). The van der Waals surface area contributed by atoms with E-state index >= 15 is 0 Å². The molecule has 0 aliphatic carbocycles. The summed E-state index contributed by atoms with van der Waals surface area (Å²) < 4.78 is 31.3. The topological polar surface area (TPSA) is 119 Å². The molecule has 2 aromatic carbocycles. The van der Waals surface area contributed by atoms with Crippen molar-refractivity contribution in [3.8, 4) is 5.75 Å². The highest BCUT2D eigenvalue weighted by molar-refractivity contribution is 7.90. The van der Waals surface area contributed by atoms with E-state index in [1.54, 1.807) is 24.3 Å². The highest BCUT2D eigenvalue weighted by atomic mass is 35.5. The Morgan fingerprint density at radius 2 is 1.74 bits per heavy atom. The zero-order chi connectivity index (χ0) is 22.6. The van der Waals surface area contributed by atoms with Gasteiger partial charge in [0.25, 0.3) is 15.9 Å². The first-order chi connectivity index (χ1) is 14.7. The van der Waals surface area contributed by atoms with Gasteiger partial charge in [-0.3, -0.25) is 10.2 Å². The minimum absolute atomic E-state index is 0.0374. The zero-order valence-corrected chi connectivity index (χ0v) is 18.1. The molecule has 0 fully saturated rings. The first-order valence-corrected chi connectivity index (χ1v) is 10.7. The van der Waals surface area contributed by atoms with Crippen molar-refractivity contribution in [3.63, 3.8) is 0 Å². The maximum atomic E-state index is 12.7. The molecule has 162 valence electrons. The van der Waals surface area contributed by atoms with Crippen LogP contribution in [0.15, 0.2) is 65.8 Å². The van der Waals surface area contributed by atoms with Crippen LogP contribution in [0.5, 0.6) is 5.75 Å². The average molecular weight is 463 g/mol. The molecule has 0 atom stereocenters. The van der Waals surface area contributed by atoms with E-state index in [0.29, 0.717) is 5.75 Å². The van der Waals surface area contributed by atoms with E-state index in [-0.39, 0.29) is 21.2 Å². The minimum atomic E-state index is -3.84. The summed E-state index contributed by atoms with van der Waals surface area (Å²) in [6, 6.07) is 11.6. The lowest BCUT2D eigenvalue weighted by Crippen LogP contribution is -2.43. The van der Waals surface area contributed by atoms with Crippen LogP contribution in [-0.2, 0) is 10.0 Å². The summed E-state index contributed by atoms with van der Waals surface area (Å²) in [4.78, 5) is 24.4. The van der Waals surface area contributed by atoms with Crippen molar-refractivity contribution in [2.24, 2.45) is 0 Å². The third kappa shape index (κ3) is 5.16. The number of methoxy groups -OCH3 is 1. The predicted octanol–water partition coefficient (Wildman–Crippen LogP) is 3.16. The zero-order valence-electron chi connectivity index (χ0n) is 16.5. The van der Waals surface area contributed by atoms with E-state index in [9.17, 15) is 18.0 Å². The fourth-order valence-electron chi connectivity index (χ4n) is 2.56. The predicted molar refractivity (Wildman–Crippen MR) is 116 cm³/mol. The molecule has 0 saturated carbocycles. The lowest BCUT2D eigenvalue weighted by Gasteiger charge is -2.11. The lowest BCUT2D eigenvalue weighted by molar-refractivity contribution is 0.0938. The number of rotatable bonds is 5. The molecule has 0 saturated heterocycles. The molecule has 0 unspecified atom stereocenters. The van der Waals surface area contributed by atoms with Crippen molar-refractivity contribution in [1.29, 1.82) is 0 Å². The van der Waals surface area contributed by atoms with E-state index in [2.05, 4.69) is 16.2 Å². The molecule has 0 bridgehead atoms. The molecule has 0 radical (unpaired) electrons. The number of aromatic nitrogens is 1. The maximum absolute atomic E-state index is 12.7. The number of urea groups is 1. The standard InChI is InChI=1S/C20H19ClN4O5S/c1-13-3-6-16(7-4-13)31(28,29)25-10-9-14(12-25)19(26)23-24-20(27)22-18-11-15(30-2)5-8-17(18)21/h3-12H,1-2H3,(H,23,26)(H2,22,24,27). The van der Waals surface area contributed by atoms with Gasteiger partial charge in [-0.1, -0.05) is 29.3 Å².